The Labute approximate surface area is 144 Å². The van der Waals surface area contributed by atoms with E-state index in [-0.39, 0.29) is 23.1 Å². The minimum absolute atomic E-state index is 0.0453. The lowest BCUT2D eigenvalue weighted by molar-refractivity contribution is 0.0173. The van der Waals surface area contributed by atoms with Gasteiger partial charge in [-0.1, -0.05) is 12.1 Å². The second-order valence-electron chi connectivity index (χ2n) is 6.70. The van der Waals surface area contributed by atoms with E-state index in [4.69, 9.17) is 4.74 Å². The Morgan fingerprint density at radius 1 is 1.20 bits per heavy atom. The number of carbonyl (C=O) groups excluding carboxylic acids is 1. The summed E-state index contributed by atoms with van der Waals surface area (Å²) in [6, 6.07) is 9.65. The minimum Gasteiger partial charge on any atom is -0.486 e. The summed E-state index contributed by atoms with van der Waals surface area (Å²) >= 11 is 0. The molecule has 0 N–H and O–H groups in total. The van der Waals surface area contributed by atoms with E-state index < -0.39 is 5.82 Å². The topological polar surface area (TPSA) is 51.5 Å². The van der Waals surface area contributed by atoms with Crippen molar-refractivity contribution in [2.45, 2.75) is 31.9 Å². The standard InChI is InChI=1S/C19H19FN2O3/c1-12-8-14(9-18(23)22(12)13-6-7-13)25-15-10-21(11-15)19(24)16-4-2-3-5-17(16)20/h2-5,8-9,13,15H,6-7,10-11H2,1H3. The van der Waals surface area contributed by atoms with E-state index in [9.17, 15) is 14.0 Å². The summed E-state index contributed by atoms with van der Waals surface area (Å²) in [6.07, 6.45) is 1.93. The van der Waals surface area contributed by atoms with E-state index in [2.05, 4.69) is 0 Å². The lowest BCUT2D eigenvalue weighted by atomic mass is 10.1. The molecular formula is C19H19FN2O3. The summed E-state index contributed by atoms with van der Waals surface area (Å²) in [6.45, 7) is 2.68. The smallest absolute Gasteiger partial charge is 0.257 e. The zero-order valence-corrected chi connectivity index (χ0v) is 13.9. The first kappa shape index (κ1) is 15.9. The third-order valence-electron chi connectivity index (χ3n) is 4.69. The van der Waals surface area contributed by atoms with Crippen molar-refractivity contribution in [3.8, 4) is 5.75 Å². The zero-order valence-electron chi connectivity index (χ0n) is 13.9. The average Bonchev–Trinajstić information content (AvgIpc) is 3.34. The van der Waals surface area contributed by atoms with Gasteiger partial charge >= 0.3 is 0 Å². The molecule has 4 rings (SSSR count). The van der Waals surface area contributed by atoms with Crippen molar-refractivity contribution in [3.05, 3.63) is 63.8 Å². The number of hydrogen-bond acceptors (Lipinski definition) is 3. The highest BCUT2D eigenvalue weighted by atomic mass is 19.1. The van der Waals surface area contributed by atoms with Crippen LogP contribution in [0, 0.1) is 12.7 Å². The molecule has 2 aliphatic rings. The van der Waals surface area contributed by atoms with Crippen LogP contribution in [-0.2, 0) is 0 Å². The number of aryl methyl sites for hydroxylation is 1. The normalized spacial score (nSPS) is 17.3. The van der Waals surface area contributed by atoms with Gasteiger partial charge < -0.3 is 14.2 Å². The van der Waals surface area contributed by atoms with Gasteiger partial charge in [-0.15, -0.1) is 0 Å². The SMILES string of the molecule is Cc1cc(OC2CN(C(=O)c3ccccc3F)C2)cc(=O)n1C1CC1. The Kier molecular flexibility index (Phi) is 3.82. The van der Waals surface area contributed by atoms with Crippen LogP contribution in [0.2, 0.25) is 0 Å². The van der Waals surface area contributed by atoms with E-state index in [1.165, 1.54) is 18.2 Å². The van der Waals surface area contributed by atoms with Crippen LogP contribution < -0.4 is 10.3 Å². The fourth-order valence-corrected chi connectivity index (χ4v) is 3.23. The second-order valence-corrected chi connectivity index (χ2v) is 6.70. The van der Waals surface area contributed by atoms with Gasteiger partial charge in [0, 0.05) is 17.8 Å². The molecule has 6 heteroatoms. The van der Waals surface area contributed by atoms with Crippen molar-refractivity contribution >= 4 is 5.91 Å². The molecule has 0 radical (unpaired) electrons. The molecule has 1 aliphatic heterocycles. The first-order valence-corrected chi connectivity index (χ1v) is 8.46. The van der Waals surface area contributed by atoms with Gasteiger partial charge in [-0.3, -0.25) is 9.59 Å². The maximum atomic E-state index is 13.7. The van der Waals surface area contributed by atoms with Gasteiger partial charge in [0.15, 0.2) is 0 Å². The quantitative estimate of drug-likeness (QED) is 0.858. The molecule has 5 nitrogen and oxygen atoms in total. The molecule has 1 aromatic carbocycles. The molecule has 0 spiro atoms. The highest BCUT2D eigenvalue weighted by Gasteiger charge is 2.34. The molecule has 1 saturated heterocycles. The predicted octanol–water partition coefficient (Wildman–Crippen LogP) is 2.53. The highest BCUT2D eigenvalue weighted by Crippen LogP contribution is 2.35. The number of hydrogen-bond donors (Lipinski definition) is 0. The number of pyridine rings is 1. The monoisotopic (exact) mass is 342 g/mol. The van der Waals surface area contributed by atoms with Crippen molar-refractivity contribution in [1.82, 2.24) is 9.47 Å². The van der Waals surface area contributed by atoms with Crippen molar-refractivity contribution in [3.63, 3.8) is 0 Å². The number of aromatic nitrogens is 1. The number of nitrogens with zero attached hydrogens (tertiary/aromatic N) is 2. The molecule has 0 bridgehead atoms. The van der Waals surface area contributed by atoms with E-state index in [1.807, 2.05) is 17.6 Å². The molecular weight excluding hydrogens is 323 g/mol. The fourth-order valence-electron chi connectivity index (χ4n) is 3.23. The number of likely N-dealkylation sites (tertiary alicyclic amines) is 1. The van der Waals surface area contributed by atoms with Crippen molar-refractivity contribution in [2.24, 2.45) is 0 Å². The van der Waals surface area contributed by atoms with Crippen LogP contribution in [0.4, 0.5) is 4.39 Å². The van der Waals surface area contributed by atoms with E-state index in [1.54, 1.807) is 17.0 Å². The third kappa shape index (κ3) is 3.04. The summed E-state index contributed by atoms with van der Waals surface area (Å²) in [4.78, 5) is 26.0. The first-order valence-electron chi connectivity index (χ1n) is 8.46. The molecule has 2 fully saturated rings. The van der Waals surface area contributed by atoms with Crippen LogP contribution in [0.25, 0.3) is 0 Å². The molecule has 0 unspecified atom stereocenters. The minimum atomic E-state index is -0.517. The number of amides is 1. The van der Waals surface area contributed by atoms with Gasteiger partial charge in [0.1, 0.15) is 17.7 Å². The zero-order chi connectivity index (χ0) is 17.6. The Bertz CT molecular complexity index is 882. The number of rotatable bonds is 4. The van der Waals surface area contributed by atoms with Gasteiger partial charge in [0.05, 0.1) is 18.7 Å². The predicted molar refractivity (Wildman–Crippen MR) is 90.4 cm³/mol. The van der Waals surface area contributed by atoms with Crippen LogP contribution >= 0.6 is 0 Å². The summed E-state index contributed by atoms with van der Waals surface area (Å²) in [7, 11) is 0. The largest absolute Gasteiger partial charge is 0.486 e. The van der Waals surface area contributed by atoms with Crippen LogP contribution in [-0.4, -0.2) is 34.6 Å². The van der Waals surface area contributed by atoms with Gasteiger partial charge in [0.2, 0.25) is 0 Å². The molecule has 25 heavy (non-hydrogen) atoms. The van der Waals surface area contributed by atoms with Crippen LogP contribution in [0.1, 0.15) is 34.9 Å². The maximum Gasteiger partial charge on any atom is 0.257 e. The molecule has 1 aliphatic carbocycles. The first-order chi connectivity index (χ1) is 12.0. The van der Waals surface area contributed by atoms with E-state index >= 15 is 0 Å². The molecule has 1 saturated carbocycles. The fraction of sp³-hybridized carbons (Fsp3) is 0.368. The lowest BCUT2D eigenvalue weighted by Crippen LogP contribution is -2.56. The van der Waals surface area contributed by atoms with Crippen molar-refractivity contribution < 1.29 is 13.9 Å². The van der Waals surface area contributed by atoms with Crippen molar-refractivity contribution in [2.75, 3.05) is 13.1 Å². The summed E-state index contributed by atoms with van der Waals surface area (Å²) in [5, 5.41) is 0. The summed E-state index contributed by atoms with van der Waals surface area (Å²) < 4.78 is 21.3. The summed E-state index contributed by atoms with van der Waals surface area (Å²) in [5.41, 5.74) is 0.920. The Morgan fingerprint density at radius 2 is 1.92 bits per heavy atom. The van der Waals surface area contributed by atoms with Crippen molar-refractivity contribution in [1.29, 1.82) is 0 Å². The van der Waals surface area contributed by atoms with Gasteiger partial charge in [-0.2, -0.15) is 0 Å². The lowest BCUT2D eigenvalue weighted by Gasteiger charge is -2.39. The number of halogens is 1. The molecule has 1 amide bonds. The van der Waals surface area contributed by atoms with Crippen LogP contribution in [0.15, 0.2) is 41.2 Å². The maximum absolute atomic E-state index is 13.7. The van der Waals surface area contributed by atoms with E-state index in [0.29, 0.717) is 24.9 Å². The van der Waals surface area contributed by atoms with Crippen LogP contribution in [0.5, 0.6) is 5.75 Å². The number of benzene rings is 1. The molecule has 1 aromatic heterocycles. The Hall–Kier alpha value is -2.63. The average molecular weight is 342 g/mol. The third-order valence-corrected chi connectivity index (χ3v) is 4.69. The van der Waals surface area contributed by atoms with Gasteiger partial charge in [-0.05, 0) is 38.0 Å². The number of ether oxygens (including phenoxy) is 1. The van der Waals surface area contributed by atoms with E-state index in [0.717, 1.165) is 18.5 Å². The highest BCUT2D eigenvalue weighted by molar-refractivity contribution is 5.95. The molecule has 130 valence electrons. The molecule has 0 atom stereocenters. The number of carbonyl (C=O) groups is 1. The van der Waals surface area contributed by atoms with Gasteiger partial charge in [-0.25, -0.2) is 4.39 Å². The Balaban J connectivity index is 1.39. The Morgan fingerprint density at radius 3 is 2.56 bits per heavy atom. The van der Waals surface area contributed by atoms with Crippen LogP contribution in [0.3, 0.4) is 0 Å². The summed E-state index contributed by atoms with van der Waals surface area (Å²) in [5.74, 6) is -0.322. The van der Waals surface area contributed by atoms with Gasteiger partial charge in [0.25, 0.3) is 11.5 Å². The second kappa shape index (κ2) is 6.02. The molecule has 2 heterocycles. The molecule has 2 aromatic rings.